The molecule has 7 heteroatoms. The van der Waals surface area contributed by atoms with E-state index in [1.54, 1.807) is 12.1 Å². The molecular formula is C22H27NO5S. The Balaban J connectivity index is 1.93. The highest BCUT2D eigenvalue weighted by Crippen LogP contribution is 2.22. The molecule has 0 aliphatic heterocycles. The van der Waals surface area contributed by atoms with Crippen LogP contribution in [0.25, 0.3) is 0 Å². The second-order valence-corrected chi connectivity index (χ2v) is 9.39. The Hall–Kier alpha value is -2.67. The third-order valence-electron chi connectivity index (χ3n) is 4.56. The maximum atomic E-state index is 12.4. The zero-order valence-electron chi connectivity index (χ0n) is 17.4. The van der Waals surface area contributed by atoms with Gasteiger partial charge in [-0.15, -0.1) is 0 Å². The monoisotopic (exact) mass is 417 g/mol. The van der Waals surface area contributed by atoms with Gasteiger partial charge in [-0.25, -0.2) is 8.42 Å². The predicted octanol–water partition coefficient (Wildman–Crippen LogP) is 3.65. The number of aryl methyl sites for hydroxylation is 4. The van der Waals surface area contributed by atoms with Crippen LogP contribution in [-0.4, -0.2) is 32.2 Å². The van der Waals surface area contributed by atoms with Gasteiger partial charge in [-0.05, 0) is 57.9 Å². The normalized spacial score (nSPS) is 12.3. The first-order valence-electron chi connectivity index (χ1n) is 9.37. The fourth-order valence-electron chi connectivity index (χ4n) is 2.99. The minimum Gasteiger partial charge on any atom is -0.453 e. The lowest BCUT2D eigenvalue weighted by Gasteiger charge is -2.17. The Morgan fingerprint density at radius 3 is 2.07 bits per heavy atom. The highest BCUT2D eigenvalue weighted by molar-refractivity contribution is 7.91. The first-order valence-corrected chi connectivity index (χ1v) is 11.0. The Kier molecular flexibility index (Phi) is 7.19. The number of carbonyl (C=O) groups is 2. The molecule has 6 nitrogen and oxygen atoms in total. The molecule has 0 bridgehead atoms. The lowest BCUT2D eigenvalue weighted by molar-refractivity contribution is -0.152. The molecule has 29 heavy (non-hydrogen) atoms. The Bertz CT molecular complexity index is 987. The molecule has 156 valence electrons. The summed E-state index contributed by atoms with van der Waals surface area (Å²) in [6.45, 7) is 9.07. The highest BCUT2D eigenvalue weighted by atomic mass is 32.2. The fraction of sp³-hybridized carbons (Fsp3) is 0.364. The maximum absolute atomic E-state index is 12.4. The molecule has 0 heterocycles. The molecule has 0 fully saturated rings. The van der Waals surface area contributed by atoms with E-state index in [-0.39, 0.29) is 17.1 Å². The summed E-state index contributed by atoms with van der Waals surface area (Å²) in [4.78, 5) is 24.6. The van der Waals surface area contributed by atoms with Crippen molar-refractivity contribution in [2.24, 2.45) is 0 Å². The molecule has 2 aromatic carbocycles. The summed E-state index contributed by atoms with van der Waals surface area (Å²) in [6, 6.07) is 10.3. The Morgan fingerprint density at radius 1 is 0.966 bits per heavy atom. The van der Waals surface area contributed by atoms with Crippen LogP contribution in [0.3, 0.4) is 0 Å². The Labute approximate surface area is 172 Å². The van der Waals surface area contributed by atoms with Crippen molar-refractivity contribution in [3.05, 3.63) is 58.7 Å². The standard InChI is InChI=1S/C22H27NO5S/c1-14-6-8-19(9-7-14)29(26,27)11-10-20(24)28-18(5)22(25)23-21-16(3)12-15(2)13-17(21)4/h6-9,12-13,18H,10-11H2,1-5H3,(H,23,25)/t18-/m1/s1. The van der Waals surface area contributed by atoms with Crippen molar-refractivity contribution < 1.29 is 22.7 Å². The highest BCUT2D eigenvalue weighted by Gasteiger charge is 2.22. The number of nitrogens with one attached hydrogen (secondary N) is 1. The van der Waals surface area contributed by atoms with Crippen molar-refractivity contribution in [2.45, 2.75) is 52.0 Å². The van der Waals surface area contributed by atoms with Crippen molar-refractivity contribution in [1.29, 1.82) is 0 Å². The molecule has 1 N–H and O–H groups in total. The number of carbonyl (C=O) groups excluding carboxylic acids is 2. The van der Waals surface area contributed by atoms with E-state index in [0.29, 0.717) is 5.69 Å². The smallest absolute Gasteiger partial charge is 0.307 e. The zero-order chi connectivity index (χ0) is 21.8. The van der Waals surface area contributed by atoms with Crippen molar-refractivity contribution in [3.8, 4) is 0 Å². The number of rotatable bonds is 7. The minimum absolute atomic E-state index is 0.159. The number of ether oxygens (including phenoxy) is 1. The molecule has 1 atom stereocenters. The summed E-state index contributed by atoms with van der Waals surface area (Å²) in [6.07, 6.45) is -1.36. The zero-order valence-corrected chi connectivity index (χ0v) is 18.2. The van der Waals surface area contributed by atoms with Crippen molar-refractivity contribution in [1.82, 2.24) is 0 Å². The van der Waals surface area contributed by atoms with Crippen LogP contribution in [0, 0.1) is 27.7 Å². The maximum Gasteiger partial charge on any atom is 0.307 e. The SMILES string of the molecule is Cc1ccc(S(=O)(=O)CCC(=O)O[C@H](C)C(=O)Nc2c(C)cc(C)cc2C)cc1. The number of benzene rings is 2. The third kappa shape index (κ3) is 6.15. The van der Waals surface area contributed by atoms with Gasteiger partial charge in [0.2, 0.25) is 0 Å². The van der Waals surface area contributed by atoms with Crippen molar-refractivity contribution in [3.63, 3.8) is 0 Å². The van der Waals surface area contributed by atoms with E-state index in [9.17, 15) is 18.0 Å². The van der Waals surface area contributed by atoms with E-state index in [4.69, 9.17) is 4.74 Å². The van der Waals surface area contributed by atoms with Crippen LogP contribution in [0.2, 0.25) is 0 Å². The summed E-state index contributed by atoms with van der Waals surface area (Å²) >= 11 is 0. The third-order valence-corrected chi connectivity index (χ3v) is 6.29. The summed E-state index contributed by atoms with van der Waals surface area (Å²) in [5, 5.41) is 2.78. The van der Waals surface area contributed by atoms with Gasteiger partial charge in [0.25, 0.3) is 5.91 Å². The molecule has 0 spiro atoms. The molecule has 0 aliphatic carbocycles. The molecule has 0 saturated heterocycles. The number of amides is 1. The summed E-state index contributed by atoms with van der Waals surface area (Å²) in [7, 11) is -3.59. The second-order valence-electron chi connectivity index (χ2n) is 7.28. The largest absolute Gasteiger partial charge is 0.453 e. The van der Waals surface area contributed by atoms with Gasteiger partial charge in [-0.2, -0.15) is 0 Å². The van der Waals surface area contributed by atoms with Crippen LogP contribution in [0.4, 0.5) is 5.69 Å². The second kappa shape index (κ2) is 9.22. The lowest BCUT2D eigenvalue weighted by Crippen LogP contribution is -2.31. The summed E-state index contributed by atoms with van der Waals surface area (Å²) in [5.41, 5.74) is 4.55. The summed E-state index contributed by atoms with van der Waals surface area (Å²) < 4.78 is 29.8. The first-order chi connectivity index (χ1) is 13.5. The van der Waals surface area contributed by atoms with Crippen LogP contribution in [-0.2, 0) is 24.2 Å². The molecule has 2 rings (SSSR count). The average molecular weight is 418 g/mol. The number of sulfone groups is 1. The number of hydrogen-bond donors (Lipinski definition) is 1. The van der Waals surface area contributed by atoms with Gasteiger partial charge < -0.3 is 10.1 Å². The van der Waals surface area contributed by atoms with Gasteiger partial charge in [0.05, 0.1) is 17.1 Å². The molecular weight excluding hydrogens is 390 g/mol. The van der Waals surface area contributed by atoms with Gasteiger partial charge >= 0.3 is 5.97 Å². The van der Waals surface area contributed by atoms with E-state index >= 15 is 0 Å². The van der Waals surface area contributed by atoms with Gasteiger partial charge in [-0.3, -0.25) is 9.59 Å². The quantitative estimate of drug-likeness (QED) is 0.695. The fourth-order valence-corrected chi connectivity index (χ4v) is 4.21. The molecule has 0 unspecified atom stereocenters. The lowest BCUT2D eigenvalue weighted by atomic mass is 10.0. The van der Waals surface area contributed by atoms with Crippen LogP contribution in [0.5, 0.6) is 0 Å². The van der Waals surface area contributed by atoms with E-state index in [0.717, 1.165) is 22.3 Å². The van der Waals surface area contributed by atoms with E-state index in [2.05, 4.69) is 5.32 Å². The number of hydrogen-bond acceptors (Lipinski definition) is 5. The van der Waals surface area contributed by atoms with Gasteiger partial charge in [0.1, 0.15) is 0 Å². The van der Waals surface area contributed by atoms with Crippen LogP contribution < -0.4 is 5.32 Å². The molecule has 1 amide bonds. The molecule has 0 saturated carbocycles. The molecule has 2 aromatic rings. The topological polar surface area (TPSA) is 89.5 Å². The molecule has 0 aromatic heterocycles. The first kappa shape index (κ1) is 22.6. The molecule has 0 aliphatic rings. The van der Waals surface area contributed by atoms with Gasteiger partial charge in [-0.1, -0.05) is 35.4 Å². The van der Waals surface area contributed by atoms with E-state index in [1.807, 2.05) is 39.8 Å². The van der Waals surface area contributed by atoms with Gasteiger partial charge in [0.15, 0.2) is 15.9 Å². The van der Waals surface area contributed by atoms with Gasteiger partial charge in [0, 0.05) is 5.69 Å². The number of anilines is 1. The van der Waals surface area contributed by atoms with Crippen LogP contribution >= 0.6 is 0 Å². The predicted molar refractivity (Wildman–Crippen MR) is 113 cm³/mol. The molecule has 0 radical (unpaired) electrons. The average Bonchev–Trinajstić information content (AvgIpc) is 2.63. The summed E-state index contributed by atoms with van der Waals surface area (Å²) in [5.74, 6) is -1.57. The van der Waals surface area contributed by atoms with Crippen LogP contribution in [0.1, 0.15) is 35.6 Å². The van der Waals surface area contributed by atoms with E-state index in [1.165, 1.54) is 19.1 Å². The van der Waals surface area contributed by atoms with Crippen LogP contribution in [0.15, 0.2) is 41.3 Å². The van der Waals surface area contributed by atoms with Crippen molar-refractivity contribution in [2.75, 3.05) is 11.1 Å². The Morgan fingerprint density at radius 2 is 1.52 bits per heavy atom. The minimum atomic E-state index is -3.59. The number of esters is 1. The van der Waals surface area contributed by atoms with E-state index < -0.39 is 27.8 Å². The van der Waals surface area contributed by atoms with Crippen molar-refractivity contribution >= 4 is 27.4 Å².